The maximum absolute atomic E-state index is 4.79. The second-order valence-corrected chi connectivity index (χ2v) is 4.17. The summed E-state index contributed by atoms with van der Waals surface area (Å²) in [6.07, 6.45) is 1.60. The van der Waals surface area contributed by atoms with Crippen LogP contribution in [0, 0.1) is 13.8 Å². The molecule has 0 fully saturated rings. The molecule has 0 saturated heterocycles. The van der Waals surface area contributed by atoms with Crippen molar-refractivity contribution in [3.05, 3.63) is 28.2 Å². The van der Waals surface area contributed by atoms with Gasteiger partial charge in [-0.1, -0.05) is 5.16 Å². The van der Waals surface area contributed by atoms with Crippen molar-refractivity contribution in [3.8, 4) is 11.3 Å². The van der Waals surface area contributed by atoms with Gasteiger partial charge in [-0.2, -0.15) is 0 Å². The molecule has 2 nitrogen and oxygen atoms in total. The zero-order chi connectivity index (χ0) is 8.55. The fraction of sp³-hybridized carbons (Fsp3) is 0.222. The molecule has 0 bridgehead atoms. The molecule has 12 heavy (non-hydrogen) atoms. The smallest absolute Gasteiger partial charge is 0.124 e. The highest BCUT2D eigenvalue weighted by atomic mass is 32.1. The van der Waals surface area contributed by atoms with E-state index in [4.69, 9.17) is 4.52 Å². The van der Waals surface area contributed by atoms with Gasteiger partial charge in [-0.15, -0.1) is 11.3 Å². The summed E-state index contributed by atoms with van der Waals surface area (Å²) in [5.41, 5.74) is 2.11. The highest BCUT2D eigenvalue weighted by molar-refractivity contribution is 7.12. The van der Waals surface area contributed by atoms with Crippen LogP contribution in [0.15, 0.2) is 22.9 Å². The van der Waals surface area contributed by atoms with Gasteiger partial charge in [0.1, 0.15) is 12.0 Å². The van der Waals surface area contributed by atoms with Crippen molar-refractivity contribution in [2.24, 2.45) is 0 Å². The van der Waals surface area contributed by atoms with Gasteiger partial charge in [0.15, 0.2) is 0 Å². The van der Waals surface area contributed by atoms with E-state index in [-0.39, 0.29) is 0 Å². The minimum absolute atomic E-state index is 0.928. The summed E-state index contributed by atoms with van der Waals surface area (Å²) >= 11 is 1.79. The van der Waals surface area contributed by atoms with Gasteiger partial charge < -0.3 is 4.52 Å². The normalized spacial score (nSPS) is 10.5. The molecule has 0 aliphatic heterocycles. The Morgan fingerprint density at radius 3 is 2.75 bits per heavy atom. The minimum Gasteiger partial charge on any atom is -0.364 e. The first-order chi connectivity index (χ1) is 5.77. The molecule has 0 N–H and O–H groups in total. The number of nitrogens with zero attached hydrogens (tertiary/aromatic N) is 1. The van der Waals surface area contributed by atoms with Crippen molar-refractivity contribution in [1.82, 2.24) is 5.16 Å². The second-order valence-electron chi connectivity index (χ2n) is 2.71. The fourth-order valence-electron chi connectivity index (χ4n) is 1.24. The summed E-state index contributed by atoms with van der Waals surface area (Å²) in [6, 6.07) is 4.02. The van der Waals surface area contributed by atoms with Crippen molar-refractivity contribution in [2.75, 3.05) is 0 Å². The molecule has 0 aliphatic rings. The van der Waals surface area contributed by atoms with Crippen LogP contribution < -0.4 is 0 Å². The van der Waals surface area contributed by atoms with Crippen LogP contribution in [0.3, 0.4) is 0 Å². The quantitative estimate of drug-likeness (QED) is 0.672. The number of rotatable bonds is 1. The standard InChI is InChI=1S/C9H9NOS/c1-6-5-8(7(2)12-6)9-3-4-11-10-9/h3-5H,1-2H3. The van der Waals surface area contributed by atoms with Crippen molar-refractivity contribution in [1.29, 1.82) is 0 Å². The van der Waals surface area contributed by atoms with Gasteiger partial charge in [-0.3, -0.25) is 0 Å². The van der Waals surface area contributed by atoms with E-state index >= 15 is 0 Å². The van der Waals surface area contributed by atoms with E-state index < -0.39 is 0 Å². The Morgan fingerprint density at radius 2 is 2.25 bits per heavy atom. The molecule has 2 heterocycles. The predicted octanol–water partition coefficient (Wildman–Crippen LogP) is 3.02. The number of hydrogen-bond acceptors (Lipinski definition) is 3. The molecule has 2 aromatic rings. The summed E-state index contributed by atoms with van der Waals surface area (Å²) in [5, 5.41) is 3.89. The van der Waals surface area contributed by atoms with Crippen LogP contribution in [-0.4, -0.2) is 5.16 Å². The zero-order valence-electron chi connectivity index (χ0n) is 7.00. The molecule has 2 rings (SSSR count). The van der Waals surface area contributed by atoms with Crippen molar-refractivity contribution in [2.45, 2.75) is 13.8 Å². The average Bonchev–Trinajstić information content (AvgIpc) is 2.58. The lowest BCUT2D eigenvalue weighted by Gasteiger charge is -1.89. The lowest BCUT2D eigenvalue weighted by Crippen LogP contribution is -1.73. The highest BCUT2D eigenvalue weighted by Gasteiger charge is 2.07. The Kier molecular flexibility index (Phi) is 1.73. The molecule has 0 aliphatic carbocycles. The summed E-state index contributed by atoms with van der Waals surface area (Å²) in [6.45, 7) is 4.20. The van der Waals surface area contributed by atoms with Crippen LogP contribution in [0.5, 0.6) is 0 Å². The number of aryl methyl sites for hydroxylation is 2. The molecule has 2 aromatic heterocycles. The van der Waals surface area contributed by atoms with Crippen molar-refractivity contribution in [3.63, 3.8) is 0 Å². The third-order valence-electron chi connectivity index (χ3n) is 1.75. The molecule has 3 heteroatoms. The van der Waals surface area contributed by atoms with Gasteiger partial charge in [-0.25, -0.2) is 0 Å². The summed E-state index contributed by atoms with van der Waals surface area (Å²) in [5.74, 6) is 0. The van der Waals surface area contributed by atoms with Gasteiger partial charge in [-0.05, 0) is 19.9 Å². The van der Waals surface area contributed by atoms with E-state index in [2.05, 4.69) is 25.1 Å². The van der Waals surface area contributed by atoms with E-state index in [1.165, 1.54) is 15.3 Å². The monoisotopic (exact) mass is 179 g/mol. The Morgan fingerprint density at radius 1 is 1.42 bits per heavy atom. The van der Waals surface area contributed by atoms with Gasteiger partial charge in [0, 0.05) is 21.4 Å². The lowest BCUT2D eigenvalue weighted by molar-refractivity contribution is 0.422. The summed E-state index contributed by atoms with van der Waals surface area (Å²) in [4.78, 5) is 2.60. The molecular weight excluding hydrogens is 170 g/mol. The minimum atomic E-state index is 0.928. The number of hydrogen-bond donors (Lipinski definition) is 0. The zero-order valence-corrected chi connectivity index (χ0v) is 7.81. The van der Waals surface area contributed by atoms with E-state index in [9.17, 15) is 0 Å². The predicted molar refractivity (Wildman–Crippen MR) is 49.3 cm³/mol. The van der Waals surface area contributed by atoms with E-state index in [1.54, 1.807) is 17.6 Å². The van der Waals surface area contributed by atoms with Crippen LogP contribution in [0.1, 0.15) is 9.75 Å². The van der Waals surface area contributed by atoms with Crippen LogP contribution in [-0.2, 0) is 0 Å². The van der Waals surface area contributed by atoms with Gasteiger partial charge in [0.25, 0.3) is 0 Å². The Bertz CT molecular complexity index is 375. The maximum atomic E-state index is 4.79. The Hall–Kier alpha value is -1.09. The molecule has 0 saturated carbocycles. The largest absolute Gasteiger partial charge is 0.364 e. The molecule has 62 valence electrons. The first kappa shape index (κ1) is 7.55. The lowest BCUT2D eigenvalue weighted by atomic mass is 10.2. The summed E-state index contributed by atoms with van der Waals surface area (Å²) < 4.78 is 4.79. The van der Waals surface area contributed by atoms with Crippen molar-refractivity contribution >= 4 is 11.3 Å². The molecule has 0 aromatic carbocycles. The van der Waals surface area contributed by atoms with E-state index in [0.717, 1.165) is 5.69 Å². The third kappa shape index (κ3) is 1.16. The first-order valence-electron chi connectivity index (χ1n) is 3.75. The number of aromatic nitrogens is 1. The molecule has 0 atom stereocenters. The van der Waals surface area contributed by atoms with E-state index in [0.29, 0.717) is 0 Å². The molecule has 0 spiro atoms. The Balaban J connectivity index is 2.54. The Labute approximate surface area is 74.8 Å². The van der Waals surface area contributed by atoms with E-state index in [1.807, 2.05) is 6.07 Å². The molecule has 0 unspecified atom stereocenters. The SMILES string of the molecule is Cc1cc(-c2ccon2)c(C)s1. The molecule has 0 amide bonds. The second kappa shape index (κ2) is 2.75. The van der Waals surface area contributed by atoms with Crippen molar-refractivity contribution < 1.29 is 4.52 Å². The van der Waals surface area contributed by atoms with Crippen LogP contribution in [0.4, 0.5) is 0 Å². The topological polar surface area (TPSA) is 26.0 Å². The molecule has 0 radical (unpaired) electrons. The first-order valence-corrected chi connectivity index (χ1v) is 4.57. The van der Waals surface area contributed by atoms with Crippen LogP contribution >= 0.6 is 11.3 Å². The maximum Gasteiger partial charge on any atom is 0.124 e. The summed E-state index contributed by atoms with van der Waals surface area (Å²) in [7, 11) is 0. The van der Waals surface area contributed by atoms with Crippen LogP contribution in [0.25, 0.3) is 11.3 Å². The van der Waals surface area contributed by atoms with Crippen LogP contribution in [0.2, 0.25) is 0 Å². The highest BCUT2D eigenvalue weighted by Crippen LogP contribution is 2.28. The average molecular weight is 179 g/mol. The number of thiophene rings is 1. The fourth-order valence-corrected chi connectivity index (χ4v) is 2.17. The molecular formula is C9H9NOS. The van der Waals surface area contributed by atoms with Gasteiger partial charge >= 0.3 is 0 Å². The van der Waals surface area contributed by atoms with Gasteiger partial charge in [0.2, 0.25) is 0 Å². The van der Waals surface area contributed by atoms with Gasteiger partial charge in [0.05, 0.1) is 0 Å². The third-order valence-corrected chi connectivity index (χ3v) is 2.72.